The van der Waals surface area contributed by atoms with Gasteiger partial charge in [0.25, 0.3) is 5.91 Å². The fourth-order valence-corrected chi connectivity index (χ4v) is 3.88. The van der Waals surface area contributed by atoms with Gasteiger partial charge in [0, 0.05) is 17.0 Å². The molecule has 1 aliphatic carbocycles. The fraction of sp³-hybridized carbons (Fsp3) is 0.250. The molecule has 5 rings (SSSR count). The molecule has 1 aliphatic heterocycles. The lowest BCUT2D eigenvalue weighted by atomic mass is 10.1. The topological polar surface area (TPSA) is 88.6 Å². The van der Waals surface area contributed by atoms with Crippen molar-refractivity contribution < 1.29 is 19.1 Å². The number of anilines is 2. The Morgan fingerprint density at radius 1 is 1.13 bits per heavy atom. The average molecular weight is 415 g/mol. The lowest BCUT2D eigenvalue weighted by Gasteiger charge is -2.30. The summed E-state index contributed by atoms with van der Waals surface area (Å²) in [7, 11) is 0. The Bertz CT molecular complexity index is 1220. The molecule has 0 unspecified atom stereocenters. The van der Waals surface area contributed by atoms with E-state index in [1.54, 1.807) is 30.3 Å². The van der Waals surface area contributed by atoms with E-state index >= 15 is 0 Å². The summed E-state index contributed by atoms with van der Waals surface area (Å²) >= 11 is 0. The number of carbonyl (C=O) groups excluding carboxylic acids is 3. The van der Waals surface area contributed by atoms with Crippen molar-refractivity contribution in [2.75, 3.05) is 16.8 Å². The first-order valence-electron chi connectivity index (χ1n) is 10.3. The number of amides is 2. The van der Waals surface area contributed by atoms with Gasteiger partial charge in [-0.15, -0.1) is 0 Å². The second kappa shape index (κ2) is 7.50. The monoisotopic (exact) mass is 415 g/mol. The van der Waals surface area contributed by atoms with E-state index in [1.165, 1.54) is 11.8 Å². The van der Waals surface area contributed by atoms with Crippen LogP contribution in [0.1, 0.15) is 41.7 Å². The molecular weight excluding hydrogens is 394 g/mol. The molecule has 1 atom stereocenters. The van der Waals surface area contributed by atoms with E-state index in [4.69, 9.17) is 4.74 Å². The third kappa shape index (κ3) is 3.63. The number of nitrogens with zero attached hydrogens (tertiary/aromatic N) is 2. The smallest absolute Gasteiger partial charge is 0.339 e. The molecule has 1 aromatic heterocycles. The second-order valence-electron chi connectivity index (χ2n) is 7.92. The van der Waals surface area contributed by atoms with Crippen LogP contribution in [0.5, 0.6) is 0 Å². The van der Waals surface area contributed by atoms with E-state index in [0.717, 1.165) is 24.1 Å². The largest absolute Gasteiger partial charge is 0.449 e. The number of benzene rings is 2. The van der Waals surface area contributed by atoms with Gasteiger partial charge in [-0.3, -0.25) is 19.5 Å². The van der Waals surface area contributed by atoms with Crippen LogP contribution in [0, 0.1) is 0 Å². The zero-order valence-corrected chi connectivity index (χ0v) is 17.0. The van der Waals surface area contributed by atoms with Gasteiger partial charge in [-0.1, -0.05) is 30.3 Å². The number of carbonyl (C=O) groups is 3. The molecule has 2 aromatic carbocycles. The molecule has 0 radical (unpaired) electrons. The van der Waals surface area contributed by atoms with Crippen molar-refractivity contribution in [2.24, 2.45) is 0 Å². The summed E-state index contributed by atoms with van der Waals surface area (Å²) in [6, 6.07) is 16.2. The highest BCUT2D eigenvalue weighted by Gasteiger charge is 2.32. The Morgan fingerprint density at radius 3 is 2.68 bits per heavy atom. The van der Waals surface area contributed by atoms with Crippen LogP contribution in [0.15, 0.2) is 54.6 Å². The number of hydrogen-bond acceptors (Lipinski definition) is 5. The van der Waals surface area contributed by atoms with Gasteiger partial charge in [0.05, 0.1) is 22.5 Å². The van der Waals surface area contributed by atoms with Gasteiger partial charge in [-0.25, -0.2) is 4.79 Å². The summed E-state index contributed by atoms with van der Waals surface area (Å²) < 4.78 is 5.58. The second-order valence-corrected chi connectivity index (χ2v) is 7.92. The van der Waals surface area contributed by atoms with Crippen molar-refractivity contribution in [3.63, 3.8) is 0 Å². The molecule has 7 heteroatoms. The van der Waals surface area contributed by atoms with Gasteiger partial charge < -0.3 is 10.1 Å². The minimum atomic E-state index is -1.05. The minimum absolute atomic E-state index is 0.123. The first-order chi connectivity index (χ1) is 15.0. The quantitative estimate of drug-likeness (QED) is 0.657. The van der Waals surface area contributed by atoms with Gasteiger partial charge >= 0.3 is 5.97 Å². The molecule has 2 heterocycles. The first-order valence-corrected chi connectivity index (χ1v) is 10.3. The SMILES string of the molecule is C[C@H](OC(=O)c1cc(C2CC2)nc2ccccc12)C(=O)N1CC(=O)Nc2ccccc21. The van der Waals surface area contributed by atoms with Crippen molar-refractivity contribution in [3.05, 3.63) is 65.9 Å². The van der Waals surface area contributed by atoms with E-state index < -0.39 is 18.0 Å². The van der Waals surface area contributed by atoms with Crippen LogP contribution in [-0.2, 0) is 14.3 Å². The first kappa shape index (κ1) is 19.2. The van der Waals surface area contributed by atoms with Crippen LogP contribution < -0.4 is 10.2 Å². The average Bonchev–Trinajstić information content (AvgIpc) is 3.62. The Kier molecular flexibility index (Phi) is 4.66. The fourth-order valence-electron chi connectivity index (χ4n) is 3.88. The van der Waals surface area contributed by atoms with Crippen molar-refractivity contribution in [2.45, 2.75) is 31.8 Å². The van der Waals surface area contributed by atoms with E-state index in [9.17, 15) is 14.4 Å². The van der Waals surface area contributed by atoms with Gasteiger partial charge in [-0.2, -0.15) is 0 Å². The van der Waals surface area contributed by atoms with Crippen LogP contribution in [0.4, 0.5) is 11.4 Å². The van der Waals surface area contributed by atoms with E-state index in [0.29, 0.717) is 28.2 Å². The predicted molar refractivity (Wildman–Crippen MR) is 116 cm³/mol. The summed E-state index contributed by atoms with van der Waals surface area (Å²) in [5.74, 6) is -0.939. The maximum absolute atomic E-state index is 13.1. The van der Waals surface area contributed by atoms with Crippen LogP contribution in [0.2, 0.25) is 0 Å². The third-order valence-corrected chi connectivity index (χ3v) is 5.62. The van der Waals surface area contributed by atoms with E-state index in [2.05, 4.69) is 10.3 Å². The molecule has 7 nitrogen and oxygen atoms in total. The highest BCUT2D eigenvalue weighted by molar-refractivity contribution is 6.11. The lowest BCUT2D eigenvalue weighted by molar-refractivity contribution is -0.128. The Morgan fingerprint density at radius 2 is 1.87 bits per heavy atom. The maximum Gasteiger partial charge on any atom is 0.339 e. The van der Waals surface area contributed by atoms with Crippen molar-refractivity contribution in [1.82, 2.24) is 4.98 Å². The van der Waals surface area contributed by atoms with Crippen LogP contribution in [0.3, 0.4) is 0 Å². The summed E-state index contributed by atoms with van der Waals surface area (Å²) in [5.41, 5.74) is 3.16. The predicted octanol–water partition coefficient (Wildman–Crippen LogP) is 3.64. The number of hydrogen-bond donors (Lipinski definition) is 1. The van der Waals surface area contributed by atoms with Crippen LogP contribution >= 0.6 is 0 Å². The molecule has 1 N–H and O–H groups in total. The standard InChI is InChI=1S/C24H21N3O4/c1-14(23(29)27-13-22(28)26-19-8-4-5-9-21(19)27)31-24(30)17-12-20(15-10-11-15)25-18-7-3-2-6-16(17)18/h2-9,12,14-15H,10-11,13H2,1H3,(H,26,28)/t14-/m0/s1. The van der Waals surface area contributed by atoms with Crippen molar-refractivity contribution in [1.29, 1.82) is 0 Å². The van der Waals surface area contributed by atoms with Gasteiger partial charge in [0.15, 0.2) is 6.10 Å². The molecule has 0 spiro atoms. The van der Waals surface area contributed by atoms with Gasteiger partial charge in [0.1, 0.15) is 6.54 Å². The summed E-state index contributed by atoms with van der Waals surface area (Å²) in [4.78, 5) is 44.2. The number of nitrogens with one attached hydrogen (secondary N) is 1. The third-order valence-electron chi connectivity index (χ3n) is 5.62. The molecule has 0 saturated heterocycles. The van der Waals surface area contributed by atoms with Gasteiger partial charge in [-0.05, 0) is 44.0 Å². The molecule has 0 bridgehead atoms. The number of para-hydroxylation sites is 3. The molecule has 2 amide bonds. The Balaban J connectivity index is 1.41. The van der Waals surface area contributed by atoms with Gasteiger partial charge in [0.2, 0.25) is 5.91 Å². The zero-order chi connectivity index (χ0) is 21.5. The zero-order valence-electron chi connectivity index (χ0n) is 17.0. The van der Waals surface area contributed by atoms with E-state index in [-0.39, 0.29) is 12.5 Å². The number of pyridine rings is 1. The number of aromatic nitrogens is 1. The molecule has 3 aromatic rings. The molecule has 1 fully saturated rings. The van der Waals surface area contributed by atoms with Crippen molar-refractivity contribution in [3.8, 4) is 0 Å². The van der Waals surface area contributed by atoms with E-state index in [1.807, 2.05) is 24.3 Å². The molecule has 31 heavy (non-hydrogen) atoms. The molecule has 1 saturated carbocycles. The Hall–Kier alpha value is -3.74. The lowest BCUT2D eigenvalue weighted by Crippen LogP contribution is -2.47. The maximum atomic E-state index is 13.1. The van der Waals surface area contributed by atoms with Crippen LogP contribution in [0.25, 0.3) is 10.9 Å². The molecule has 156 valence electrons. The number of fused-ring (bicyclic) bond motifs is 2. The number of esters is 1. The minimum Gasteiger partial charge on any atom is -0.449 e. The van der Waals surface area contributed by atoms with Crippen molar-refractivity contribution >= 4 is 40.1 Å². The molecular formula is C24H21N3O4. The highest BCUT2D eigenvalue weighted by atomic mass is 16.5. The Labute approximate surface area is 179 Å². The summed E-state index contributed by atoms with van der Waals surface area (Å²) in [6.45, 7) is 1.41. The highest BCUT2D eigenvalue weighted by Crippen LogP contribution is 2.40. The summed E-state index contributed by atoms with van der Waals surface area (Å²) in [5, 5.41) is 3.44. The normalized spacial score (nSPS) is 16.4. The number of rotatable bonds is 4. The van der Waals surface area contributed by atoms with Crippen LogP contribution in [-0.4, -0.2) is 35.4 Å². The number of ether oxygens (including phenoxy) is 1. The summed E-state index contributed by atoms with van der Waals surface area (Å²) in [6.07, 6.45) is 1.07. The molecule has 2 aliphatic rings.